The van der Waals surface area contributed by atoms with Crippen LogP contribution in [-0.4, -0.2) is 10.9 Å². The van der Waals surface area contributed by atoms with Crippen LogP contribution >= 0.6 is 11.3 Å². The van der Waals surface area contributed by atoms with E-state index in [4.69, 9.17) is 5.73 Å². The number of nitrogens with two attached hydrogens (primary N) is 1. The predicted molar refractivity (Wildman–Crippen MR) is 72.9 cm³/mol. The highest BCUT2D eigenvalue weighted by Crippen LogP contribution is 2.31. The van der Waals surface area contributed by atoms with E-state index < -0.39 is 17.5 Å². The monoisotopic (exact) mass is 295 g/mol. The summed E-state index contributed by atoms with van der Waals surface area (Å²) in [6.45, 7) is 0. The van der Waals surface area contributed by atoms with Gasteiger partial charge < -0.3 is 5.73 Å². The first kappa shape index (κ1) is 13.0. The van der Waals surface area contributed by atoms with Crippen molar-refractivity contribution in [3.63, 3.8) is 0 Å². The van der Waals surface area contributed by atoms with Gasteiger partial charge in [-0.15, -0.1) is 11.3 Å². The summed E-state index contributed by atoms with van der Waals surface area (Å²) in [4.78, 5) is 17.5. The van der Waals surface area contributed by atoms with E-state index in [0.717, 1.165) is 37.1 Å². The average Bonchev–Trinajstić information content (AvgIpc) is 2.94. The zero-order chi connectivity index (χ0) is 14.3. The number of nitrogens with one attached hydrogen (secondary N) is 1. The summed E-state index contributed by atoms with van der Waals surface area (Å²) >= 11 is 1.41. The second-order valence-electron chi connectivity index (χ2n) is 4.55. The van der Waals surface area contributed by atoms with Crippen molar-refractivity contribution in [1.29, 1.82) is 0 Å². The number of aryl methyl sites for hydroxylation is 2. The van der Waals surface area contributed by atoms with E-state index in [1.165, 1.54) is 16.2 Å². The van der Waals surface area contributed by atoms with Gasteiger partial charge in [0.15, 0.2) is 16.8 Å². The summed E-state index contributed by atoms with van der Waals surface area (Å²) < 4.78 is 26.1. The molecule has 104 valence electrons. The Labute approximate surface area is 117 Å². The van der Waals surface area contributed by atoms with Gasteiger partial charge in [0.1, 0.15) is 0 Å². The maximum absolute atomic E-state index is 13.2. The van der Waals surface area contributed by atoms with E-state index in [1.54, 1.807) is 0 Å². The van der Waals surface area contributed by atoms with Crippen molar-refractivity contribution in [3.05, 3.63) is 39.9 Å². The molecule has 0 bridgehead atoms. The number of carbonyl (C=O) groups excluding carboxylic acids is 1. The number of nitrogen functional groups attached to an aromatic ring is 1. The molecule has 0 unspecified atom stereocenters. The van der Waals surface area contributed by atoms with Crippen molar-refractivity contribution in [3.8, 4) is 0 Å². The van der Waals surface area contributed by atoms with Crippen molar-refractivity contribution in [2.45, 2.75) is 19.3 Å². The van der Waals surface area contributed by atoms with Crippen LogP contribution in [0.2, 0.25) is 0 Å². The number of thiazole rings is 1. The first-order chi connectivity index (χ1) is 9.54. The number of amides is 1. The van der Waals surface area contributed by atoms with Crippen molar-refractivity contribution >= 4 is 28.1 Å². The molecule has 1 aromatic carbocycles. The molecule has 4 nitrogen and oxygen atoms in total. The van der Waals surface area contributed by atoms with Crippen LogP contribution in [0.4, 0.5) is 19.6 Å². The van der Waals surface area contributed by atoms with Crippen LogP contribution in [-0.2, 0) is 12.8 Å². The molecule has 7 heteroatoms. The van der Waals surface area contributed by atoms with Crippen LogP contribution < -0.4 is 11.1 Å². The standard InChI is InChI=1S/C13H11F2N3OS/c14-7-4-6(9(16)5-8(7)15)12(19)18-13-17-10-2-1-3-11(10)20-13/h4-5H,1-3,16H2,(H,17,18,19). The molecule has 0 saturated heterocycles. The van der Waals surface area contributed by atoms with Gasteiger partial charge >= 0.3 is 0 Å². The SMILES string of the molecule is Nc1cc(F)c(F)cc1C(=O)Nc1nc2c(s1)CCC2. The van der Waals surface area contributed by atoms with Crippen molar-refractivity contribution in [2.75, 3.05) is 11.1 Å². The fourth-order valence-corrected chi connectivity index (χ4v) is 3.21. The van der Waals surface area contributed by atoms with E-state index in [-0.39, 0.29) is 11.3 Å². The van der Waals surface area contributed by atoms with Gasteiger partial charge in [-0.3, -0.25) is 10.1 Å². The predicted octanol–water partition coefficient (Wildman–Crippen LogP) is 2.74. The number of halogens is 2. The molecule has 1 amide bonds. The molecule has 1 aliphatic carbocycles. The van der Waals surface area contributed by atoms with E-state index in [9.17, 15) is 13.6 Å². The van der Waals surface area contributed by atoms with Crippen LogP contribution in [0.1, 0.15) is 27.3 Å². The second kappa shape index (κ2) is 4.82. The Morgan fingerprint density at radius 2 is 2.05 bits per heavy atom. The molecule has 3 rings (SSSR count). The molecule has 0 atom stereocenters. The van der Waals surface area contributed by atoms with Crippen molar-refractivity contribution in [2.24, 2.45) is 0 Å². The Bertz CT molecular complexity index is 678. The molecular weight excluding hydrogens is 284 g/mol. The Balaban J connectivity index is 1.84. The first-order valence-corrected chi connectivity index (χ1v) is 6.90. The number of anilines is 2. The highest BCUT2D eigenvalue weighted by atomic mass is 32.1. The molecule has 0 saturated carbocycles. The van der Waals surface area contributed by atoms with Gasteiger partial charge in [0.25, 0.3) is 5.91 Å². The van der Waals surface area contributed by atoms with Gasteiger partial charge in [0, 0.05) is 16.6 Å². The Kier molecular flexibility index (Phi) is 3.13. The summed E-state index contributed by atoms with van der Waals surface area (Å²) in [6.07, 6.45) is 2.96. The number of aromatic nitrogens is 1. The topological polar surface area (TPSA) is 68.0 Å². The molecule has 0 aliphatic heterocycles. The zero-order valence-corrected chi connectivity index (χ0v) is 11.2. The highest BCUT2D eigenvalue weighted by Gasteiger charge is 2.20. The fourth-order valence-electron chi connectivity index (χ4n) is 2.17. The molecule has 0 spiro atoms. The number of fused-ring (bicyclic) bond motifs is 1. The molecule has 0 radical (unpaired) electrons. The number of rotatable bonds is 2. The Morgan fingerprint density at radius 3 is 2.80 bits per heavy atom. The van der Waals surface area contributed by atoms with Gasteiger partial charge in [-0.1, -0.05) is 0 Å². The maximum Gasteiger partial charge on any atom is 0.259 e. The smallest absolute Gasteiger partial charge is 0.259 e. The van der Waals surface area contributed by atoms with Gasteiger partial charge in [-0.25, -0.2) is 13.8 Å². The number of carbonyl (C=O) groups is 1. The third-order valence-electron chi connectivity index (χ3n) is 3.15. The molecular formula is C13H11F2N3OS. The zero-order valence-electron chi connectivity index (χ0n) is 10.4. The number of hydrogen-bond donors (Lipinski definition) is 2. The van der Waals surface area contributed by atoms with Gasteiger partial charge in [-0.05, 0) is 25.3 Å². The molecule has 1 aliphatic rings. The largest absolute Gasteiger partial charge is 0.398 e. The number of hydrogen-bond acceptors (Lipinski definition) is 4. The fraction of sp³-hybridized carbons (Fsp3) is 0.231. The second-order valence-corrected chi connectivity index (χ2v) is 5.63. The summed E-state index contributed by atoms with van der Waals surface area (Å²) in [5, 5.41) is 3.04. The van der Waals surface area contributed by atoms with Crippen LogP contribution in [0.3, 0.4) is 0 Å². The minimum absolute atomic E-state index is 0.0979. The summed E-state index contributed by atoms with van der Waals surface area (Å²) in [6, 6.07) is 1.59. The molecule has 2 aromatic rings. The van der Waals surface area contributed by atoms with Crippen LogP contribution in [0.5, 0.6) is 0 Å². The minimum Gasteiger partial charge on any atom is -0.398 e. The van der Waals surface area contributed by atoms with E-state index in [1.807, 2.05) is 0 Å². The third-order valence-corrected chi connectivity index (χ3v) is 4.23. The van der Waals surface area contributed by atoms with Gasteiger partial charge in [-0.2, -0.15) is 0 Å². The first-order valence-electron chi connectivity index (χ1n) is 6.09. The summed E-state index contributed by atoms with van der Waals surface area (Å²) in [5.41, 5.74) is 6.33. The van der Waals surface area contributed by atoms with Crippen molar-refractivity contribution in [1.82, 2.24) is 4.98 Å². The summed E-state index contributed by atoms with van der Waals surface area (Å²) in [5.74, 6) is -2.77. The third kappa shape index (κ3) is 2.24. The average molecular weight is 295 g/mol. The highest BCUT2D eigenvalue weighted by molar-refractivity contribution is 7.16. The Hall–Kier alpha value is -2.02. The van der Waals surface area contributed by atoms with Gasteiger partial charge in [0.05, 0.1) is 11.3 Å². The lowest BCUT2D eigenvalue weighted by Gasteiger charge is -2.06. The Morgan fingerprint density at radius 1 is 1.30 bits per heavy atom. The molecule has 3 N–H and O–H groups in total. The van der Waals surface area contributed by atoms with E-state index in [2.05, 4.69) is 10.3 Å². The summed E-state index contributed by atoms with van der Waals surface area (Å²) in [7, 11) is 0. The minimum atomic E-state index is -1.11. The van der Waals surface area contributed by atoms with E-state index in [0.29, 0.717) is 5.13 Å². The lowest BCUT2D eigenvalue weighted by molar-refractivity contribution is 0.102. The lowest BCUT2D eigenvalue weighted by atomic mass is 10.1. The van der Waals surface area contributed by atoms with Crippen LogP contribution in [0, 0.1) is 11.6 Å². The molecule has 1 heterocycles. The quantitative estimate of drug-likeness (QED) is 0.837. The van der Waals surface area contributed by atoms with Crippen molar-refractivity contribution < 1.29 is 13.6 Å². The lowest BCUT2D eigenvalue weighted by Crippen LogP contribution is -2.15. The molecule has 0 fully saturated rings. The molecule has 20 heavy (non-hydrogen) atoms. The number of benzene rings is 1. The van der Waals surface area contributed by atoms with Gasteiger partial charge in [0.2, 0.25) is 0 Å². The van der Waals surface area contributed by atoms with Crippen LogP contribution in [0.15, 0.2) is 12.1 Å². The van der Waals surface area contributed by atoms with Crippen LogP contribution in [0.25, 0.3) is 0 Å². The number of nitrogens with zero attached hydrogens (tertiary/aromatic N) is 1. The van der Waals surface area contributed by atoms with E-state index >= 15 is 0 Å². The molecule has 1 aromatic heterocycles. The maximum atomic E-state index is 13.2. The normalized spacial score (nSPS) is 13.3.